The quantitative estimate of drug-likeness (QED) is 0.808. The van der Waals surface area contributed by atoms with Crippen LogP contribution in [0.15, 0.2) is 24.3 Å². The van der Waals surface area contributed by atoms with Gasteiger partial charge in [-0.25, -0.2) is 4.39 Å². The highest BCUT2D eigenvalue weighted by molar-refractivity contribution is 5.78. The number of quaternary nitrogens is 1. The molecule has 2 N–H and O–H groups in total. The summed E-state index contributed by atoms with van der Waals surface area (Å²) in [6.45, 7) is 2.61. The fourth-order valence-electron chi connectivity index (χ4n) is 2.55. The topological polar surface area (TPSA) is 57.3 Å². The van der Waals surface area contributed by atoms with Crippen LogP contribution >= 0.6 is 0 Å². The standard InChI is InChI=1S/C16H20FN3O/c1-16(11-18,13-6-7-13)19-15(21)10-20(2)9-12-4-3-5-14(17)8-12/h3-5,8,13H,6-7,9-10H2,1-2H3,(H,19,21)/p+1/t16-/m0/s1. The van der Waals surface area contributed by atoms with E-state index in [0.717, 1.165) is 23.3 Å². The van der Waals surface area contributed by atoms with Crippen LogP contribution in [0.4, 0.5) is 4.39 Å². The number of nitriles is 1. The van der Waals surface area contributed by atoms with E-state index in [1.54, 1.807) is 13.0 Å². The number of rotatable bonds is 6. The molecule has 1 unspecified atom stereocenters. The molecule has 1 saturated carbocycles. The number of amides is 1. The van der Waals surface area contributed by atoms with Crippen molar-refractivity contribution in [3.8, 4) is 6.07 Å². The first-order valence-electron chi connectivity index (χ1n) is 7.21. The lowest BCUT2D eigenvalue weighted by atomic mass is 9.98. The Morgan fingerprint density at radius 3 is 2.86 bits per heavy atom. The molecule has 0 spiro atoms. The van der Waals surface area contributed by atoms with Crippen LogP contribution in [-0.2, 0) is 11.3 Å². The largest absolute Gasteiger partial charge is 0.333 e. The van der Waals surface area contributed by atoms with Gasteiger partial charge in [-0.3, -0.25) is 4.79 Å². The maximum Gasteiger partial charge on any atom is 0.276 e. The van der Waals surface area contributed by atoms with Gasteiger partial charge in [0.05, 0.1) is 13.1 Å². The molecule has 1 fully saturated rings. The normalized spacial score (nSPS) is 18.4. The highest BCUT2D eigenvalue weighted by atomic mass is 19.1. The number of hydrogen-bond donors (Lipinski definition) is 2. The van der Waals surface area contributed by atoms with Crippen LogP contribution < -0.4 is 10.2 Å². The van der Waals surface area contributed by atoms with E-state index in [9.17, 15) is 14.4 Å². The Kier molecular flexibility index (Phi) is 4.59. The van der Waals surface area contributed by atoms with Gasteiger partial charge in [-0.15, -0.1) is 0 Å². The average molecular weight is 290 g/mol. The predicted octanol–water partition coefficient (Wildman–Crippen LogP) is 0.649. The molecule has 21 heavy (non-hydrogen) atoms. The summed E-state index contributed by atoms with van der Waals surface area (Å²) >= 11 is 0. The summed E-state index contributed by atoms with van der Waals surface area (Å²) in [5.41, 5.74) is 0.0986. The van der Waals surface area contributed by atoms with Crippen molar-refractivity contribution in [3.63, 3.8) is 0 Å². The van der Waals surface area contributed by atoms with Crippen molar-refractivity contribution in [1.29, 1.82) is 5.26 Å². The van der Waals surface area contributed by atoms with Gasteiger partial charge in [0, 0.05) is 5.56 Å². The Bertz CT molecular complexity index is 565. The zero-order chi connectivity index (χ0) is 15.5. The maximum atomic E-state index is 13.1. The lowest BCUT2D eigenvalue weighted by Crippen LogP contribution is -3.09. The number of carbonyl (C=O) groups excluding carboxylic acids is 1. The number of likely N-dealkylation sites (N-methyl/N-ethyl adjacent to an activating group) is 1. The number of hydrogen-bond acceptors (Lipinski definition) is 2. The SMILES string of the molecule is C[NH+](CC(=O)N[C@@](C)(C#N)C1CC1)Cc1cccc(F)c1. The molecular weight excluding hydrogens is 269 g/mol. The molecule has 2 atom stereocenters. The third kappa shape index (κ3) is 4.27. The van der Waals surface area contributed by atoms with Crippen molar-refractivity contribution in [2.45, 2.75) is 31.8 Å². The van der Waals surface area contributed by atoms with Crippen molar-refractivity contribution >= 4 is 5.91 Å². The minimum absolute atomic E-state index is 0.139. The molecule has 0 aromatic heterocycles. The van der Waals surface area contributed by atoms with Gasteiger partial charge in [0.15, 0.2) is 6.54 Å². The molecule has 0 aliphatic heterocycles. The molecule has 5 heteroatoms. The summed E-state index contributed by atoms with van der Waals surface area (Å²) in [7, 11) is 1.88. The smallest absolute Gasteiger partial charge is 0.276 e. The number of nitrogens with one attached hydrogen (secondary N) is 2. The van der Waals surface area contributed by atoms with Crippen molar-refractivity contribution in [2.24, 2.45) is 5.92 Å². The zero-order valence-electron chi connectivity index (χ0n) is 12.4. The Morgan fingerprint density at radius 1 is 1.57 bits per heavy atom. The molecule has 1 aromatic rings. The first-order valence-corrected chi connectivity index (χ1v) is 7.21. The molecule has 1 aromatic carbocycles. The molecule has 0 radical (unpaired) electrons. The Balaban J connectivity index is 1.86. The van der Waals surface area contributed by atoms with Crippen molar-refractivity contribution < 1.29 is 14.1 Å². The van der Waals surface area contributed by atoms with E-state index < -0.39 is 5.54 Å². The summed E-state index contributed by atoms with van der Waals surface area (Å²) < 4.78 is 13.1. The van der Waals surface area contributed by atoms with Crippen LogP contribution in [-0.4, -0.2) is 25.0 Å². The van der Waals surface area contributed by atoms with E-state index in [-0.39, 0.29) is 24.2 Å². The minimum Gasteiger partial charge on any atom is -0.333 e. The van der Waals surface area contributed by atoms with E-state index in [0.29, 0.717) is 6.54 Å². The van der Waals surface area contributed by atoms with Crippen molar-refractivity contribution in [1.82, 2.24) is 5.32 Å². The van der Waals surface area contributed by atoms with E-state index in [2.05, 4.69) is 11.4 Å². The fraction of sp³-hybridized carbons (Fsp3) is 0.500. The highest BCUT2D eigenvalue weighted by Crippen LogP contribution is 2.39. The minimum atomic E-state index is -0.754. The van der Waals surface area contributed by atoms with Crippen LogP contribution in [0.5, 0.6) is 0 Å². The van der Waals surface area contributed by atoms with E-state index >= 15 is 0 Å². The lowest BCUT2D eigenvalue weighted by Gasteiger charge is -2.23. The second-order valence-corrected chi connectivity index (χ2v) is 6.08. The van der Waals surface area contributed by atoms with Gasteiger partial charge in [-0.05, 0) is 37.8 Å². The molecule has 1 amide bonds. The first-order chi connectivity index (χ1) is 9.93. The molecule has 1 aliphatic rings. The molecule has 4 nitrogen and oxygen atoms in total. The molecule has 0 bridgehead atoms. The van der Waals surface area contributed by atoms with Gasteiger partial charge >= 0.3 is 0 Å². The molecular formula is C16H21FN3O+. The molecule has 1 aliphatic carbocycles. The molecule has 2 rings (SSSR count). The maximum absolute atomic E-state index is 13.1. The lowest BCUT2D eigenvalue weighted by molar-refractivity contribution is -0.885. The second-order valence-electron chi connectivity index (χ2n) is 6.08. The monoisotopic (exact) mass is 290 g/mol. The average Bonchev–Trinajstić information content (AvgIpc) is 3.22. The van der Waals surface area contributed by atoms with Crippen LogP contribution in [0.2, 0.25) is 0 Å². The third-order valence-corrected chi connectivity index (χ3v) is 3.88. The van der Waals surface area contributed by atoms with Crippen molar-refractivity contribution in [3.05, 3.63) is 35.6 Å². The molecule has 0 saturated heterocycles. The van der Waals surface area contributed by atoms with Crippen molar-refractivity contribution in [2.75, 3.05) is 13.6 Å². The number of carbonyl (C=O) groups is 1. The second kappa shape index (κ2) is 6.23. The van der Waals surface area contributed by atoms with Crippen LogP contribution in [0.1, 0.15) is 25.3 Å². The van der Waals surface area contributed by atoms with E-state index in [4.69, 9.17) is 0 Å². The van der Waals surface area contributed by atoms with Crippen LogP contribution in [0.3, 0.4) is 0 Å². The van der Waals surface area contributed by atoms with Gasteiger partial charge in [0.1, 0.15) is 17.9 Å². The van der Waals surface area contributed by atoms with Gasteiger partial charge in [0.2, 0.25) is 0 Å². The van der Waals surface area contributed by atoms with Crippen LogP contribution in [0.25, 0.3) is 0 Å². The summed E-state index contributed by atoms with van der Waals surface area (Å²) in [4.78, 5) is 13.0. The number of halogens is 1. The van der Waals surface area contributed by atoms with Gasteiger partial charge in [0.25, 0.3) is 5.91 Å². The fourth-order valence-corrected chi connectivity index (χ4v) is 2.55. The van der Waals surface area contributed by atoms with Gasteiger partial charge < -0.3 is 10.2 Å². The Labute approximate surface area is 124 Å². The zero-order valence-corrected chi connectivity index (χ0v) is 12.4. The number of benzene rings is 1. The number of nitrogens with zero attached hydrogens (tertiary/aromatic N) is 1. The predicted molar refractivity (Wildman–Crippen MR) is 76.7 cm³/mol. The van der Waals surface area contributed by atoms with E-state index in [1.807, 2.05) is 13.1 Å². The summed E-state index contributed by atoms with van der Waals surface area (Å²) in [5, 5.41) is 12.1. The summed E-state index contributed by atoms with van der Waals surface area (Å²) in [6.07, 6.45) is 1.99. The third-order valence-electron chi connectivity index (χ3n) is 3.88. The summed E-state index contributed by atoms with van der Waals surface area (Å²) in [6, 6.07) is 8.60. The van der Waals surface area contributed by atoms with Gasteiger partial charge in [-0.2, -0.15) is 5.26 Å². The van der Waals surface area contributed by atoms with E-state index in [1.165, 1.54) is 12.1 Å². The highest BCUT2D eigenvalue weighted by Gasteiger charge is 2.43. The van der Waals surface area contributed by atoms with Gasteiger partial charge in [-0.1, -0.05) is 12.1 Å². The Hall–Kier alpha value is -1.93. The molecule has 112 valence electrons. The Morgan fingerprint density at radius 2 is 2.29 bits per heavy atom. The first kappa shape index (κ1) is 15.5. The summed E-state index contributed by atoms with van der Waals surface area (Å²) in [5.74, 6) is -0.134. The van der Waals surface area contributed by atoms with Crippen LogP contribution in [0, 0.1) is 23.1 Å². The molecule has 0 heterocycles.